The highest BCUT2D eigenvalue weighted by Gasteiger charge is 2.60. The van der Waals surface area contributed by atoms with E-state index in [2.05, 4.69) is 16.3 Å². The van der Waals surface area contributed by atoms with Crippen LogP contribution in [-0.2, 0) is 12.8 Å². The molecule has 22 heavy (non-hydrogen) atoms. The number of hydrogen-bond acceptors (Lipinski definition) is 3. The molecule has 118 valence electrons. The molecule has 6 rings (SSSR count). The van der Waals surface area contributed by atoms with Crippen molar-refractivity contribution in [1.29, 1.82) is 0 Å². The molecule has 1 aromatic rings. The van der Waals surface area contributed by atoms with Gasteiger partial charge in [-0.25, -0.2) is 0 Å². The molecule has 1 aromatic heterocycles. The zero-order valence-corrected chi connectivity index (χ0v) is 13.9. The van der Waals surface area contributed by atoms with Crippen LogP contribution in [0.4, 0.5) is 0 Å². The molecule has 1 atom stereocenters. The normalized spacial score (nSPS) is 34.5. The fourth-order valence-corrected chi connectivity index (χ4v) is 6.29. The van der Waals surface area contributed by atoms with Crippen LogP contribution in [0.3, 0.4) is 0 Å². The van der Waals surface area contributed by atoms with E-state index in [-0.39, 0.29) is 5.91 Å². The van der Waals surface area contributed by atoms with Gasteiger partial charge in [-0.05, 0) is 82.0 Å². The molecule has 0 radical (unpaired) electrons. The Bertz CT molecular complexity index is 587. The topological polar surface area (TPSA) is 32.3 Å². The number of aryl methyl sites for hydroxylation is 2. The van der Waals surface area contributed by atoms with Gasteiger partial charge in [-0.15, -0.1) is 11.3 Å². The van der Waals surface area contributed by atoms with Gasteiger partial charge in [-0.1, -0.05) is 0 Å². The highest BCUT2D eigenvalue weighted by molar-refractivity contribution is 7.14. The number of carbonyl (C=O) groups is 1. The van der Waals surface area contributed by atoms with E-state index in [1.54, 1.807) is 11.3 Å². The van der Waals surface area contributed by atoms with Gasteiger partial charge >= 0.3 is 0 Å². The molecule has 1 saturated carbocycles. The van der Waals surface area contributed by atoms with Crippen LogP contribution in [0.5, 0.6) is 0 Å². The van der Waals surface area contributed by atoms with E-state index in [1.165, 1.54) is 74.9 Å². The minimum atomic E-state index is 0.199. The van der Waals surface area contributed by atoms with Crippen LogP contribution in [-0.4, -0.2) is 35.5 Å². The van der Waals surface area contributed by atoms with Crippen LogP contribution in [0.25, 0.3) is 0 Å². The number of hydrogen-bond donors (Lipinski definition) is 1. The molecule has 4 heterocycles. The molecule has 3 nitrogen and oxygen atoms in total. The summed E-state index contributed by atoms with van der Waals surface area (Å²) in [6.07, 6.45) is 10.0. The van der Waals surface area contributed by atoms with Gasteiger partial charge in [0.25, 0.3) is 5.91 Å². The molecule has 1 spiro atoms. The maximum atomic E-state index is 12.8. The maximum absolute atomic E-state index is 12.8. The smallest absolute Gasteiger partial charge is 0.261 e. The Kier molecular flexibility index (Phi) is 2.97. The summed E-state index contributed by atoms with van der Waals surface area (Å²) >= 11 is 1.75. The number of thiophene rings is 1. The molecule has 4 heteroatoms. The monoisotopic (exact) mass is 316 g/mol. The molecule has 5 aliphatic rings. The maximum Gasteiger partial charge on any atom is 0.261 e. The molecule has 4 fully saturated rings. The van der Waals surface area contributed by atoms with Crippen LogP contribution in [0.15, 0.2) is 6.07 Å². The lowest BCUT2D eigenvalue weighted by molar-refractivity contribution is -0.00138. The fraction of sp³-hybridized carbons (Fsp3) is 0.722. The van der Waals surface area contributed by atoms with E-state index in [9.17, 15) is 4.79 Å². The highest BCUT2D eigenvalue weighted by atomic mass is 32.1. The molecule has 0 unspecified atom stereocenters. The Morgan fingerprint density at radius 1 is 1.23 bits per heavy atom. The Morgan fingerprint density at radius 3 is 2.73 bits per heavy atom. The van der Waals surface area contributed by atoms with Crippen molar-refractivity contribution < 1.29 is 4.79 Å². The SMILES string of the molecule is O=C(N[C@H]1C2CCN(CC2)C12CC2)c1cc2c(s1)CCCC2. The summed E-state index contributed by atoms with van der Waals surface area (Å²) < 4.78 is 0. The third kappa shape index (κ3) is 1.93. The quantitative estimate of drug-likeness (QED) is 0.910. The zero-order chi connectivity index (χ0) is 14.7. The van der Waals surface area contributed by atoms with E-state index in [0.29, 0.717) is 17.5 Å². The van der Waals surface area contributed by atoms with Crippen LogP contribution >= 0.6 is 11.3 Å². The minimum Gasteiger partial charge on any atom is -0.346 e. The third-order valence-electron chi connectivity index (χ3n) is 6.49. The number of carbonyl (C=O) groups excluding carboxylic acids is 1. The number of fused-ring (bicyclic) bond motifs is 3. The summed E-state index contributed by atoms with van der Waals surface area (Å²) in [5.41, 5.74) is 1.78. The number of rotatable bonds is 2. The van der Waals surface area contributed by atoms with Crippen molar-refractivity contribution in [2.45, 2.75) is 62.9 Å². The van der Waals surface area contributed by atoms with Crippen LogP contribution in [0.1, 0.15) is 58.6 Å². The summed E-state index contributed by atoms with van der Waals surface area (Å²) in [4.78, 5) is 17.9. The lowest BCUT2D eigenvalue weighted by atomic mass is 9.77. The Hall–Kier alpha value is -0.870. The first-order valence-corrected chi connectivity index (χ1v) is 9.75. The minimum absolute atomic E-state index is 0.199. The summed E-state index contributed by atoms with van der Waals surface area (Å²) in [5, 5.41) is 3.46. The van der Waals surface area contributed by atoms with Crippen molar-refractivity contribution in [3.05, 3.63) is 21.4 Å². The molecule has 1 amide bonds. The average Bonchev–Trinajstić information content (AvgIpc) is 3.20. The first-order chi connectivity index (χ1) is 10.8. The summed E-state index contributed by atoms with van der Waals surface area (Å²) in [7, 11) is 0. The Morgan fingerprint density at radius 2 is 2.00 bits per heavy atom. The third-order valence-corrected chi connectivity index (χ3v) is 7.72. The van der Waals surface area contributed by atoms with E-state index in [4.69, 9.17) is 0 Å². The van der Waals surface area contributed by atoms with Gasteiger partial charge in [0.15, 0.2) is 0 Å². The molecular weight excluding hydrogens is 292 g/mol. The van der Waals surface area contributed by atoms with Crippen molar-refractivity contribution in [2.24, 2.45) is 5.92 Å². The summed E-state index contributed by atoms with van der Waals surface area (Å²) in [6, 6.07) is 2.58. The first-order valence-electron chi connectivity index (χ1n) is 8.94. The summed E-state index contributed by atoms with van der Waals surface area (Å²) in [5.74, 6) is 0.912. The van der Waals surface area contributed by atoms with Crippen molar-refractivity contribution in [2.75, 3.05) is 13.1 Å². The van der Waals surface area contributed by atoms with Gasteiger partial charge in [0.2, 0.25) is 0 Å². The average molecular weight is 316 g/mol. The van der Waals surface area contributed by atoms with Gasteiger partial charge in [0, 0.05) is 10.4 Å². The van der Waals surface area contributed by atoms with Crippen LogP contribution in [0, 0.1) is 5.92 Å². The predicted octanol–water partition coefficient (Wildman–Crippen LogP) is 2.98. The lowest BCUT2D eigenvalue weighted by Gasteiger charge is -2.52. The fourth-order valence-electron chi connectivity index (χ4n) is 5.14. The second-order valence-electron chi connectivity index (χ2n) is 7.65. The molecule has 3 aliphatic heterocycles. The second-order valence-corrected chi connectivity index (χ2v) is 8.78. The number of piperidine rings is 3. The molecule has 0 aromatic carbocycles. The van der Waals surface area contributed by atoms with Gasteiger partial charge in [-0.3, -0.25) is 9.69 Å². The van der Waals surface area contributed by atoms with E-state index in [0.717, 1.165) is 4.88 Å². The molecular formula is C18H24N2OS. The molecule has 3 saturated heterocycles. The number of nitrogens with one attached hydrogen (secondary N) is 1. The van der Waals surface area contributed by atoms with E-state index >= 15 is 0 Å². The van der Waals surface area contributed by atoms with Gasteiger partial charge in [0.1, 0.15) is 0 Å². The number of nitrogens with zero attached hydrogens (tertiary/aromatic N) is 1. The molecule has 2 aliphatic carbocycles. The molecule has 2 bridgehead atoms. The zero-order valence-electron chi connectivity index (χ0n) is 13.1. The predicted molar refractivity (Wildman–Crippen MR) is 88.5 cm³/mol. The van der Waals surface area contributed by atoms with Crippen molar-refractivity contribution >= 4 is 17.2 Å². The van der Waals surface area contributed by atoms with Gasteiger partial charge in [-0.2, -0.15) is 0 Å². The highest BCUT2D eigenvalue weighted by Crippen LogP contribution is 2.53. The largest absolute Gasteiger partial charge is 0.346 e. The van der Waals surface area contributed by atoms with Crippen molar-refractivity contribution in [3.8, 4) is 0 Å². The lowest BCUT2D eigenvalue weighted by Crippen LogP contribution is -2.65. The van der Waals surface area contributed by atoms with E-state index in [1.807, 2.05) is 0 Å². The van der Waals surface area contributed by atoms with Gasteiger partial charge in [0.05, 0.1) is 10.9 Å². The number of amides is 1. The Balaban J connectivity index is 1.37. The van der Waals surface area contributed by atoms with Crippen molar-refractivity contribution in [1.82, 2.24) is 10.2 Å². The van der Waals surface area contributed by atoms with Crippen LogP contribution < -0.4 is 5.32 Å². The van der Waals surface area contributed by atoms with Crippen molar-refractivity contribution in [3.63, 3.8) is 0 Å². The second kappa shape index (κ2) is 4.81. The Labute approximate surface area is 136 Å². The van der Waals surface area contributed by atoms with Gasteiger partial charge < -0.3 is 5.32 Å². The standard InChI is InChI=1S/C18H24N2OS/c21-17(15-11-13-3-1-2-4-14(13)22-15)19-16-12-5-9-20(10-6-12)18(16)7-8-18/h11-12,16H,1-10H2,(H,19,21)/t16-/m0/s1. The van der Waals surface area contributed by atoms with E-state index < -0.39 is 0 Å². The molecule has 1 N–H and O–H groups in total. The summed E-state index contributed by atoms with van der Waals surface area (Å²) in [6.45, 7) is 2.51. The van der Waals surface area contributed by atoms with Crippen LogP contribution in [0.2, 0.25) is 0 Å². The first kappa shape index (κ1) is 13.6.